The molecule has 5 nitrogen and oxygen atoms in total. The van der Waals surface area contributed by atoms with Gasteiger partial charge in [-0.15, -0.1) is 0 Å². The molecule has 0 radical (unpaired) electrons. The van der Waals surface area contributed by atoms with Gasteiger partial charge in [0.25, 0.3) is 5.78 Å². The lowest BCUT2D eigenvalue weighted by atomic mass is 10.2. The van der Waals surface area contributed by atoms with Crippen LogP contribution in [0, 0.1) is 18.6 Å². The molecule has 0 unspecified atom stereocenters. The van der Waals surface area contributed by atoms with Crippen LogP contribution >= 0.6 is 11.6 Å². The van der Waals surface area contributed by atoms with E-state index in [0.29, 0.717) is 5.56 Å². The van der Waals surface area contributed by atoms with Crippen LogP contribution in [0.5, 0.6) is 0 Å². The van der Waals surface area contributed by atoms with Gasteiger partial charge in [0.2, 0.25) is 0 Å². The highest BCUT2D eigenvalue weighted by molar-refractivity contribution is 6.29. The van der Waals surface area contributed by atoms with Crippen LogP contribution in [0.2, 0.25) is 5.15 Å². The number of anilines is 2. The zero-order valence-corrected chi connectivity index (χ0v) is 11.0. The van der Waals surface area contributed by atoms with Crippen LogP contribution in [0.1, 0.15) is 5.56 Å². The minimum atomic E-state index is -0.714. The van der Waals surface area contributed by atoms with E-state index in [9.17, 15) is 8.78 Å². The van der Waals surface area contributed by atoms with Crippen molar-refractivity contribution in [2.75, 3.05) is 5.32 Å². The van der Waals surface area contributed by atoms with E-state index in [1.54, 1.807) is 6.92 Å². The third-order valence-electron chi connectivity index (χ3n) is 2.76. The van der Waals surface area contributed by atoms with Gasteiger partial charge in [-0.3, -0.25) is 0 Å². The Bertz CT molecular complexity index is 802. The lowest BCUT2D eigenvalue weighted by Crippen LogP contribution is -2.05. The van der Waals surface area contributed by atoms with Crippen LogP contribution in [0.4, 0.5) is 20.3 Å². The van der Waals surface area contributed by atoms with Crippen molar-refractivity contribution < 1.29 is 8.78 Å². The number of aryl methyl sites for hydroxylation is 1. The standard InChI is InChI=1S/C12H8ClF2N5/c1-6-2-3-7(14)11(10(6)15)19-9-4-8(13)18-12-16-5-17-20(9)12/h2-5,19H,1H3. The van der Waals surface area contributed by atoms with Crippen LogP contribution in [-0.2, 0) is 0 Å². The predicted molar refractivity (Wildman–Crippen MR) is 70.2 cm³/mol. The Morgan fingerprint density at radius 1 is 1.30 bits per heavy atom. The van der Waals surface area contributed by atoms with E-state index < -0.39 is 11.6 Å². The normalized spacial score (nSPS) is 11.0. The number of hydrogen-bond acceptors (Lipinski definition) is 4. The summed E-state index contributed by atoms with van der Waals surface area (Å²) in [4.78, 5) is 7.80. The first-order chi connectivity index (χ1) is 9.56. The summed E-state index contributed by atoms with van der Waals surface area (Å²) < 4.78 is 29.0. The Morgan fingerprint density at radius 2 is 2.10 bits per heavy atom. The monoisotopic (exact) mass is 295 g/mol. The van der Waals surface area contributed by atoms with Crippen molar-refractivity contribution in [3.05, 3.63) is 46.9 Å². The smallest absolute Gasteiger partial charge is 0.255 e. The maximum atomic E-state index is 14.0. The summed E-state index contributed by atoms with van der Waals surface area (Å²) in [6.45, 7) is 1.55. The third-order valence-corrected chi connectivity index (χ3v) is 2.95. The van der Waals surface area contributed by atoms with Gasteiger partial charge in [-0.2, -0.15) is 19.6 Å². The third kappa shape index (κ3) is 2.05. The fourth-order valence-electron chi connectivity index (χ4n) is 1.77. The fourth-order valence-corrected chi connectivity index (χ4v) is 1.95. The Balaban J connectivity index is 2.14. The molecule has 0 aliphatic heterocycles. The van der Waals surface area contributed by atoms with E-state index in [1.165, 1.54) is 29.0 Å². The molecule has 3 rings (SSSR count). The van der Waals surface area contributed by atoms with Gasteiger partial charge in [-0.25, -0.2) is 8.78 Å². The largest absolute Gasteiger partial charge is 0.335 e. The van der Waals surface area contributed by atoms with Gasteiger partial charge >= 0.3 is 0 Å². The van der Waals surface area contributed by atoms with Crippen LogP contribution in [0.25, 0.3) is 5.78 Å². The molecular formula is C12H8ClF2N5. The second-order valence-electron chi connectivity index (χ2n) is 4.11. The summed E-state index contributed by atoms with van der Waals surface area (Å²) in [7, 11) is 0. The minimum absolute atomic E-state index is 0.140. The van der Waals surface area contributed by atoms with Crippen molar-refractivity contribution in [1.29, 1.82) is 0 Å². The lowest BCUT2D eigenvalue weighted by molar-refractivity contribution is 0.584. The molecule has 0 fully saturated rings. The summed E-state index contributed by atoms with van der Waals surface area (Å²) in [6, 6.07) is 3.95. The highest BCUT2D eigenvalue weighted by Crippen LogP contribution is 2.26. The number of hydrogen-bond donors (Lipinski definition) is 1. The molecule has 0 aliphatic rings. The van der Waals surface area contributed by atoms with E-state index in [-0.39, 0.29) is 22.4 Å². The SMILES string of the molecule is Cc1ccc(F)c(Nc2cc(Cl)nc3ncnn23)c1F. The summed E-state index contributed by atoms with van der Waals surface area (Å²) in [5.74, 6) is -0.894. The van der Waals surface area contributed by atoms with Gasteiger partial charge in [0.1, 0.15) is 28.8 Å². The predicted octanol–water partition coefficient (Wildman–Crippen LogP) is 3.11. The average Bonchev–Trinajstić information content (AvgIpc) is 2.87. The molecule has 2 heterocycles. The Labute approximate surface area is 117 Å². The maximum absolute atomic E-state index is 14.0. The van der Waals surface area contributed by atoms with Gasteiger partial charge < -0.3 is 5.32 Å². The quantitative estimate of drug-likeness (QED) is 0.738. The molecule has 0 bridgehead atoms. The molecule has 3 aromatic rings. The van der Waals surface area contributed by atoms with Crippen molar-refractivity contribution in [2.45, 2.75) is 6.92 Å². The highest BCUT2D eigenvalue weighted by atomic mass is 35.5. The summed E-state index contributed by atoms with van der Waals surface area (Å²) in [5.41, 5.74) is 0.0490. The zero-order valence-electron chi connectivity index (χ0n) is 10.2. The van der Waals surface area contributed by atoms with Crippen molar-refractivity contribution in [2.24, 2.45) is 0 Å². The Hall–Kier alpha value is -2.28. The Morgan fingerprint density at radius 3 is 2.90 bits per heavy atom. The molecule has 0 saturated heterocycles. The number of fused-ring (bicyclic) bond motifs is 1. The second-order valence-corrected chi connectivity index (χ2v) is 4.50. The second kappa shape index (κ2) is 4.68. The van der Waals surface area contributed by atoms with Crippen LogP contribution in [0.3, 0.4) is 0 Å². The molecule has 0 aliphatic carbocycles. The minimum Gasteiger partial charge on any atom is -0.335 e. The van der Waals surface area contributed by atoms with E-state index in [1.807, 2.05) is 0 Å². The Kier molecular flexibility index (Phi) is 2.98. The lowest BCUT2D eigenvalue weighted by Gasteiger charge is -2.11. The number of rotatable bonds is 2. The fraction of sp³-hybridized carbons (Fsp3) is 0.0833. The van der Waals surface area contributed by atoms with Gasteiger partial charge in [0.05, 0.1) is 0 Å². The molecule has 102 valence electrons. The molecule has 1 aromatic carbocycles. The molecule has 8 heteroatoms. The topological polar surface area (TPSA) is 55.1 Å². The van der Waals surface area contributed by atoms with Crippen molar-refractivity contribution >= 4 is 28.9 Å². The molecule has 20 heavy (non-hydrogen) atoms. The molecule has 0 amide bonds. The van der Waals surface area contributed by atoms with Gasteiger partial charge in [-0.05, 0) is 18.6 Å². The van der Waals surface area contributed by atoms with Crippen LogP contribution in [0.15, 0.2) is 24.5 Å². The average molecular weight is 296 g/mol. The molecule has 2 aromatic heterocycles. The maximum Gasteiger partial charge on any atom is 0.255 e. The molecular weight excluding hydrogens is 288 g/mol. The number of halogens is 3. The molecule has 1 N–H and O–H groups in total. The van der Waals surface area contributed by atoms with Gasteiger partial charge in [0.15, 0.2) is 5.82 Å². The first kappa shape index (κ1) is 12.7. The van der Waals surface area contributed by atoms with Crippen LogP contribution in [-0.4, -0.2) is 19.6 Å². The van der Waals surface area contributed by atoms with Crippen molar-refractivity contribution in [3.63, 3.8) is 0 Å². The number of nitrogens with one attached hydrogen (secondary N) is 1. The van der Waals surface area contributed by atoms with E-state index >= 15 is 0 Å². The summed E-state index contributed by atoms with van der Waals surface area (Å²) >= 11 is 5.84. The number of aromatic nitrogens is 4. The van der Waals surface area contributed by atoms with E-state index in [2.05, 4.69) is 20.4 Å². The van der Waals surface area contributed by atoms with Gasteiger partial charge in [-0.1, -0.05) is 17.7 Å². The van der Waals surface area contributed by atoms with Crippen LogP contribution < -0.4 is 5.32 Å². The first-order valence-electron chi connectivity index (χ1n) is 5.64. The van der Waals surface area contributed by atoms with E-state index in [4.69, 9.17) is 11.6 Å². The summed E-state index contributed by atoms with van der Waals surface area (Å²) in [5, 5.41) is 6.69. The van der Waals surface area contributed by atoms with Crippen molar-refractivity contribution in [1.82, 2.24) is 19.6 Å². The first-order valence-corrected chi connectivity index (χ1v) is 6.02. The molecule has 0 spiro atoms. The van der Waals surface area contributed by atoms with E-state index in [0.717, 1.165) is 0 Å². The molecule has 0 saturated carbocycles. The molecule has 0 atom stereocenters. The summed E-state index contributed by atoms with van der Waals surface area (Å²) in [6.07, 6.45) is 1.27. The number of benzene rings is 1. The zero-order chi connectivity index (χ0) is 14.3. The highest BCUT2D eigenvalue weighted by Gasteiger charge is 2.14. The van der Waals surface area contributed by atoms with Crippen molar-refractivity contribution in [3.8, 4) is 0 Å². The number of nitrogens with zero attached hydrogens (tertiary/aromatic N) is 4. The van der Waals surface area contributed by atoms with Gasteiger partial charge in [0, 0.05) is 6.07 Å².